The van der Waals surface area contributed by atoms with Crippen LogP contribution in [0.3, 0.4) is 0 Å². The van der Waals surface area contributed by atoms with Crippen LogP contribution in [0.15, 0.2) is 5.34 Å². The fourth-order valence-corrected chi connectivity index (χ4v) is 1.26. The number of rotatable bonds is 5. The van der Waals surface area contributed by atoms with E-state index in [1.54, 1.807) is 0 Å². The van der Waals surface area contributed by atoms with Crippen molar-refractivity contribution in [3.05, 3.63) is 22.4 Å². The van der Waals surface area contributed by atoms with Gasteiger partial charge < -0.3 is 37.7 Å². The van der Waals surface area contributed by atoms with Gasteiger partial charge in [-0.3, -0.25) is 10.1 Å². The molecule has 8 N–H and O–H groups in total. The third kappa shape index (κ3) is 11.1. The Hall–Kier alpha value is -0.102. The van der Waals surface area contributed by atoms with Gasteiger partial charge >= 0.3 is 41.3 Å². The molecule has 0 aromatic rings. The molecule has 0 aromatic heterocycles. The maximum Gasteiger partial charge on any atom is -0.693 e. The molecular weight excluding hydrogens is 544 g/mol. The molecule has 0 saturated carbocycles. The van der Waals surface area contributed by atoms with Gasteiger partial charge in [0.25, 0.3) is 0 Å². The summed E-state index contributed by atoms with van der Waals surface area (Å²) in [5.41, 5.74) is -3.11. The van der Waals surface area contributed by atoms with Gasteiger partial charge in [-0.15, -0.1) is 5.34 Å². The number of carboxylic acids is 1. The number of carboxylic acid groups (broad SMARTS) is 1. The topological polar surface area (TPSA) is 227 Å². The van der Waals surface area contributed by atoms with Crippen LogP contribution in [0.25, 0.3) is 12.3 Å². The normalized spacial score (nSPS) is 10.7. The fourth-order valence-electron chi connectivity index (χ4n) is 1.26. The first-order valence-corrected chi connectivity index (χ1v) is 10.7. The molecule has 23 heavy (non-hydrogen) atoms. The molecule has 14 heteroatoms. The van der Waals surface area contributed by atoms with Crippen LogP contribution in [-0.2, 0) is 26.2 Å². The molecule has 0 rings (SSSR count). The molecule has 146 valence electrons. The van der Waals surface area contributed by atoms with Gasteiger partial charge in [0.15, 0.2) is 5.79 Å². The number of nitrogens with two attached hydrogens (primary N) is 2. The Morgan fingerprint density at radius 3 is 1.65 bits per heavy atom. The monoisotopic (exact) mass is 565 g/mol. The summed E-state index contributed by atoms with van der Waals surface area (Å²) in [7, 11) is 9.75. The zero-order chi connectivity index (χ0) is 17.9. The first kappa shape index (κ1) is 34.3. The van der Waals surface area contributed by atoms with Crippen molar-refractivity contribution in [2.75, 3.05) is 6.61 Å². The average Bonchev–Trinajstić information content (AvgIpc) is 2.30. The van der Waals surface area contributed by atoms with E-state index in [9.17, 15) is 15.0 Å². The molecule has 0 saturated heterocycles. The largest absolute Gasteiger partial charge is 0.693 e. The predicted octanol–water partition coefficient (Wildman–Crippen LogP) is 3.36. The number of halogens is 2. The molecule has 0 spiro atoms. The molecular formula is C9H22Cl2N3O8Pt-. The maximum atomic E-state index is 10.9. The van der Waals surface area contributed by atoms with Crippen molar-refractivity contribution in [2.45, 2.75) is 33.5 Å². The number of aliphatic hydroxyl groups is 2. The number of nitrogens with zero attached hydrogens (tertiary/aromatic N) is 1. The van der Waals surface area contributed by atoms with Crippen molar-refractivity contribution >= 4 is 24.8 Å². The van der Waals surface area contributed by atoms with E-state index in [0.717, 1.165) is 5.34 Å². The Balaban J connectivity index is -0.000000117. The van der Waals surface area contributed by atoms with Crippen LogP contribution in [0.5, 0.6) is 0 Å². The second-order valence-corrected chi connectivity index (χ2v) is 8.16. The minimum Gasteiger partial charge on any atom is -0.693 e. The van der Waals surface area contributed by atoms with E-state index in [-0.39, 0.29) is 12.3 Å². The molecule has 0 aliphatic rings. The number of hydrogen-bond acceptors (Lipinski definition) is 8. The van der Waals surface area contributed by atoms with Crippen LogP contribution in [0.1, 0.15) is 27.7 Å². The van der Waals surface area contributed by atoms with E-state index < -0.39 is 45.7 Å². The first-order chi connectivity index (χ1) is 9.33. The van der Waals surface area contributed by atoms with Gasteiger partial charge in [-0.2, -0.15) is 0 Å². The molecule has 0 radical (unpaired) electrons. The standard InChI is InChI=1S/C9H18O6.2ClH.HNO2.2H2N.Pt/c1-7(2,5-15-14)9(12,13)8(3,4)6(10)11;;;2-1-3;;;/h12-14H,5H2,1-4H3,(H,10,11);2*1H;(H,2,3);2*1H2;/q;;;;2*-1;+4/p-3. The van der Waals surface area contributed by atoms with Gasteiger partial charge in [0, 0.05) is 5.41 Å². The van der Waals surface area contributed by atoms with E-state index in [1.807, 2.05) is 0 Å². The quantitative estimate of drug-likeness (QED) is 0.167. The van der Waals surface area contributed by atoms with Gasteiger partial charge in [-0.05, 0) is 13.8 Å². The Labute approximate surface area is 150 Å². The molecule has 11 nitrogen and oxygen atoms in total. The van der Waals surface area contributed by atoms with Crippen LogP contribution in [0.2, 0.25) is 0 Å². The van der Waals surface area contributed by atoms with Crippen molar-refractivity contribution in [1.82, 2.24) is 0 Å². The maximum absolute atomic E-state index is 10.9. The number of carbonyl (C=O) groups is 1. The van der Waals surface area contributed by atoms with E-state index >= 15 is 0 Å². The predicted molar refractivity (Wildman–Crippen MR) is 82.4 cm³/mol. The molecule has 0 atom stereocenters. The van der Waals surface area contributed by atoms with Crippen molar-refractivity contribution in [3.63, 3.8) is 0 Å². The number of hydrogen-bond donors (Lipinski definition) is 4. The third-order valence-electron chi connectivity index (χ3n) is 2.78. The molecule has 0 bridgehead atoms. The fraction of sp³-hybridized carbons (Fsp3) is 0.889. The van der Waals surface area contributed by atoms with Gasteiger partial charge in [0.05, 0.1) is 6.61 Å². The van der Waals surface area contributed by atoms with Crippen molar-refractivity contribution in [2.24, 2.45) is 16.2 Å². The Bertz CT molecular complexity index is 321. The second-order valence-electron chi connectivity index (χ2n) is 4.88. The zero-order valence-electron chi connectivity index (χ0n) is 12.8. The summed E-state index contributed by atoms with van der Waals surface area (Å²) in [6.07, 6.45) is 0. The Kier molecular flexibility index (Phi) is 23.0. The van der Waals surface area contributed by atoms with E-state index in [1.165, 1.54) is 27.7 Å². The van der Waals surface area contributed by atoms with Crippen LogP contribution >= 0.6 is 18.8 Å². The SMILES string of the molecule is CC(C)(COO)C(O)(O)C(C)(C)C(=O)O.O=N[O-].[Cl][Pt+2][Cl].[NH2-].[NH2-]. The summed E-state index contributed by atoms with van der Waals surface area (Å²) >= 11 is -0.472. The summed E-state index contributed by atoms with van der Waals surface area (Å²) in [5, 5.41) is 45.9. The van der Waals surface area contributed by atoms with Crippen molar-refractivity contribution in [3.8, 4) is 0 Å². The van der Waals surface area contributed by atoms with Crippen molar-refractivity contribution < 1.29 is 46.7 Å². The summed E-state index contributed by atoms with van der Waals surface area (Å²) in [5.74, 6) is -3.87. The smallest absolute Gasteiger partial charge is 0.693 e. The first-order valence-electron chi connectivity index (χ1n) is 5.05. The van der Waals surface area contributed by atoms with Gasteiger partial charge in [0.1, 0.15) is 5.41 Å². The minimum atomic E-state index is -2.52. The second kappa shape index (κ2) is 15.4. The molecule has 0 fully saturated rings. The van der Waals surface area contributed by atoms with Crippen LogP contribution in [0, 0.1) is 20.9 Å². The molecule has 0 aliphatic carbocycles. The van der Waals surface area contributed by atoms with Crippen LogP contribution < -0.4 is 0 Å². The third-order valence-corrected chi connectivity index (χ3v) is 2.78. The summed E-state index contributed by atoms with van der Waals surface area (Å²) in [6.45, 7) is 4.75. The van der Waals surface area contributed by atoms with E-state index in [0.29, 0.717) is 0 Å². The van der Waals surface area contributed by atoms with Gasteiger partial charge in [0.2, 0.25) is 0 Å². The molecule has 0 amide bonds. The summed E-state index contributed by atoms with van der Waals surface area (Å²) in [6, 6.07) is 0. The molecule has 0 unspecified atom stereocenters. The van der Waals surface area contributed by atoms with E-state index in [2.05, 4.69) is 4.89 Å². The molecule has 0 aliphatic heterocycles. The average molecular weight is 566 g/mol. The zero-order valence-corrected chi connectivity index (χ0v) is 16.6. The van der Waals surface area contributed by atoms with Crippen LogP contribution in [-0.4, -0.2) is 38.9 Å². The van der Waals surface area contributed by atoms with Crippen molar-refractivity contribution in [1.29, 1.82) is 0 Å². The van der Waals surface area contributed by atoms with Crippen LogP contribution in [0.4, 0.5) is 0 Å². The minimum absolute atomic E-state index is 0. The Morgan fingerprint density at radius 2 is 1.48 bits per heavy atom. The van der Waals surface area contributed by atoms with E-state index in [4.69, 9.17) is 39.3 Å². The Morgan fingerprint density at radius 1 is 1.22 bits per heavy atom. The number of aliphatic carboxylic acids is 1. The molecule has 0 heterocycles. The van der Waals surface area contributed by atoms with Gasteiger partial charge in [-0.25, -0.2) is 4.89 Å². The molecule has 0 aromatic carbocycles. The van der Waals surface area contributed by atoms with Gasteiger partial charge in [-0.1, -0.05) is 13.8 Å². The summed E-state index contributed by atoms with van der Waals surface area (Å²) in [4.78, 5) is 22.8. The summed E-state index contributed by atoms with van der Waals surface area (Å²) < 4.78 is 0.